The van der Waals surface area contributed by atoms with Crippen molar-refractivity contribution in [3.63, 3.8) is 0 Å². The Hall–Kier alpha value is -1.63. The molecule has 0 saturated carbocycles. The van der Waals surface area contributed by atoms with E-state index in [0.717, 1.165) is 6.07 Å². The van der Waals surface area contributed by atoms with Crippen LogP contribution in [0.2, 0.25) is 0 Å². The first kappa shape index (κ1) is 17.4. The minimum atomic E-state index is -4.83. The number of carbonyl (C=O) groups excluding carboxylic acids is 1. The van der Waals surface area contributed by atoms with Crippen LogP contribution in [0.4, 0.5) is 17.6 Å². The molecule has 0 radical (unpaired) electrons. The minimum Gasteiger partial charge on any atom is -0.339 e. The van der Waals surface area contributed by atoms with Gasteiger partial charge in [-0.05, 0) is 37.6 Å². The molecule has 0 aliphatic rings. The van der Waals surface area contributed by atoms with E-state index in [4.69, 9.17) is 5.73 Å². The molecule has 3 nitrogen and oxygen atoms in total. The maximum Gasteiger partial charge on any atom is 0.419 e. The summed E-state index contributed by atoms with van der Waals surface area (Å²) < 4.78 is 51.2. The molecule has 7 heteroatoms. The lowest BCUT2D eigenvalue weighted by molar-refractivity contribution is -0.140. The third-order valence-electron chi connectivity index (χ3n) is 2.93. The molecule has 0 aliphatic carbocycles. The van der Waals surface area contributed by atoms with E-state index in [1.165, 1.54) is 4.90 Å². The molecule has 0 atom stereocenters. The Morgan fingerprint density at radius 1 is 1.29 bits per heavy atom. The third-order valence-corrected chi connectivity index (χ3v) is 2.93. The van der Waals surface area contributed by atoms with Crippen LogP contribution >= 0.6 is 0 Å². The molecule has 0 heterocycles. The van der Waals surface area contributed by atoms with Gasteiger partial charge in [-0.15, -0.1) is 0 Å². The van der Waals surface area contributed by atoms with Gasteiger partial charge in [-0.3, -0.25) is 4.79 Å². The quantitative estimate of drug-likeness (QED) is 0.821. The standard InChI is InChI=1S/C14H18F4N2O/c1-2-7-20(8-3-6-19)13(21)10-4-5-12(15)11(9-10)14(16,17)18/h4-5,9H,2-3,6-8,19H2,1H3. The molecule has 0 spiro atoms. The van der Waals surface area contributed by atoms with Gasteiger partial charge in [-0.1, -0.05) is 6.92 Å². The molecule has 0 fully saturated rings. The number of amides is 1. The van der Waals surface area contributed by atoms with E-state index in [2.05, 4.69) is 0 Å². The zero-order valence-corrected chi connectivity index (χ0v) is 11.7. The first-order chi connectivity index (χ1) is 9.81. The summed E-state index contributed by atoms with van der Waals surface area (Å²) >= 11 is 0. The zero-order chi connectivity index (χ0) is 16.0. The topological polar surface area (TPSA) is 46.3 Å². The molecular formula is C14H18F4N2O. The highest BCUT2D eigenvalue weighted by Gasteiger charge is 2.35. The van der Waals surface area contributed by atoms with E-state index < -0.39 is 23.5 Å². The molecule has 0 aliphatic heterocycles. The molecule has 0 saturated heterocycles. The van der Waals surface area contributed by atoms with Crippen LogP contribution in [0.25, 0.3) is 0 Å². The van der Waals surface area contributed by atoms with Crippen LogP contribution in [0.1, 0.15) is 35.7 Å². The molecule has 1 aromatic carbocycles. The average Bonchev–Trinajstić information content (AvgIpc) is 2.42. The molecule has 0 unspecified atom stereocenters. The van der Waals surface area contributed by atoms with Crippen LogP contribution in [0.3, 0.4) is 0 Å². The maximum absolute atomic E-state index is 13.2. The summed E-state index contributed by atoms with van der Waals surface area (Å²) in [6.45, 7) is 3.01. The van der Waals surface area contributed by atoms with Crippen molar-refractivity contribution in [1.82, 2.24) is 4.90 Å². The minimum absolute atomic E-state index is 0.172. The van der Waals surface area contributed by atoms with Crippen LogP contribution in [0.5, 0.6) is 0 Å². The van der Waals surface area contributed by atoms with Gasteiger partial charge >= 0.3 is 6.18 Å². The van der Waals surface area contributed by atoms with E-state index in [1.54, 1.807) is 0 Å². The Kier molecular flexibility index (Phi) is 6.14. The Labute approximate surface area is 120 Å². The SMILES string of the molecule is CCCN(CCCN)C(=O)c1ccc(F)c(C(F)(F)F)c1. The summed E-state index contributed by atoms with van der Waals surface area (Å²) in [6, 6.07) is 2.30. The van der Waals surface area contributed by atoms with Gasteiger partial charge in [0.1, 0.15) is 5.82 Å². The van der Waals surface area contributed by atoms with Gasteiger partial charge in [0.2, 0.25) is 0 Å². The summed E-state index contributed by atoms with van der Waals surface area (Å²) in [6.07, 6.45) is -3.60. The van der Waals surface area contributed by atoms with Gasteiger partial charge < -0.3 is 10.6 Å². The number of hydrogen-bond acceptors (Lipinski definition) is 2. The first-order valence-corrected chi connectivity index (χ1v) is 6.67. The van der Waals surface area contributed by atoms with Gasteiger partial charge in [-0.2, -0.15) is 13.2 Å². The Morgan fingerprint density at radius 2 is 1.95 bits per heavy atom. The van der Waals surface area contributed by atoms with E-state index in [9.17, 15) is 22.4 Å². The van der Waals surface area contributed by atoms with Gasteiger partial charge in [0.05, 0.1) is 5.56 Å². The lowest BCUT2D eigenvalue weighted by Gasteiger charge is -2.22. The summed E-state index contributed by atoms with van der Waals surface area (Å²) in [7, 11) is 0. The van der Waals surface area contributed by atoms with E-state index in [1.807, 2.05) is 6.92 Å². The van der Waals surface area contributed by atoms with Crippen molar-refractivity contribution in [1.29, 1.82) is 0 Å². The molecule has 1 aromatic rings. The monoisotopic (exact) mass is 306 g/mol. The number of benzene rings is 1. The fraction of sp³-hybridized carbons (Fsp3) is 0.500. The van der Waals surface area contributed by atoms with Gasteiger partial charge in [-0.25, -0.2) is 4.39 Å². The van der Waals surface area contributed by atoms with Crippen LogP contribution in [-0.4, -0.2) is 30.4 Å². The van der Waals surface area contributed by atoms with Crippen LogP contribution in [0.15, 0.2) is 18.2 Å². The van der Waals surface area contributed by atoms with E-state index in [-0.39, 0.29) is 5.56 Å². The fourth-order valence-electron chi connectivity index (χ4n) is 1.93. The second kappa shape index (κ2) is 7.40. The van der Waals surface area contributed by atoms with Crippen molar-refractivity contribution in [3.05, 3.63) is 35.1 Å². The number of carbonyl (C=O) groups is 1. The summed E-state index contributed by atoms with van der Waals surface area (Å²) in [4.78, 5) is 13.7. The van der Waals surface area contributed by atoms with E-state index in [0.29, 0.717) is 44.6 Å². The smallest absolute Gasteiger partial charge is 0.339 e. The third kappa shape index (κ3) is 4.70. The van der Waals surface area contributed by atoms with Gasteiger partial charge in [0.15, 0.2) is 0 Å². The lowest BCUT2D eigenvalue weighted by Crippen LogP contribution is -2.33. The molecule has 0 aromatic heterocycles. The van der Waals surface area contributed by atoms with Crippen LogP contribution in [-0.2, 0) is 6.18 Å². The number of alkyl halides is 3. The summed E-state index contributed by atoms with van der Waals surface area (Å²) in [5.74, 6) is -1.93. The van der Waals surface area contributed by atoms with Crippen molar-refractivity contribution in [2.75, 3.05) is 19.6 Å². The molecule has 0 bridgehead atoms. The van der Waals surface area contributed by atoms with Crippen molar-refractivity contribution < 1.29 is 22.4 Å². The maximum atomic E-state index is 13.2. The molecule has 118 valence electrons. The van der Waals surface area contributed by atoms with Crippen molar-refractivity contribution in [2.45, 2.75) is 25.9 Å². The number of hydrogen-bond donors (Lipinski definition) is 1. The second-order valence-corrected chi connectivity index (χ2v) is 4.63. The van der Waals surface area contributed by atoms with Crippen LogP contribution < -0.4 is 5.73 Å². The number of rotatable bonds is 6. The number of halogens is 4. The Bertz CT molecular complexity index is 488. The Morgan fingerprint density at radius 3 is 2.48 bits per heavy atom. The van der Waals surface area contributed by atoms with Crippen molar-refractivity contribution in [2.24, 2.45) is 5.73 Å². The molecule has 1 rings (SSSR count). The molecule has 2 N–H and O–H groups in total. The largest absolute Gasteiger partial charge is 0.419 e. The number of nitrogens with zero attached hydrogens (tertiary/aromatic N) is 1. The molecule has 1 amide bonds. The second-order valence-electron chi connectivity index (χ2n) is 4.63. The predicted molar refractivity (Wildman–Crippen MR) is 71.3 cm³/mol. The highest BCUT2D eigenvalue weighted by atomic mass is 19.4. The highest BCUT2D eigenvalue weighted by molar-refractivity contribution is 5.94. The molecular weight excluding hydrogens is 288 g/mol. The fourth-order valence-corrected chi connectivity index (χ4v) is 1.93. The van der Waals surface area contributed by atoms with Crippen LogP contribution in [0, 0.1) is 5.82 Å². The lowest BCUT2D eigenvalue weighted by atomic mass is 10.1. The van der Waals surface area contributed by atoms with Gasteiger partial charge in [0, 0.05) is 18.7 Å². The van der Waals surface area contributed by atoms with E-state index >= 15 is 0 Å². The summed E-state index contributed by atoms with van der Waals surface area (Å²) in [5.41, 5.74) is 3.78. The normalized spacial score (nSPS) is 11.5. The first-order valence-electron chi connectivity index (χ1n) is 6.67. The number of nitrogens with two attached hydrogens (primary N) is 1. The van der Waals surface area contributed by atoms with Gasteiger partial charge in [0.25, 0.3) is 5.91 Å². The summed E-state index contributed by atoms with van der Waals surface area (Å²) in [5, 5.41) is 0. The van der Waals surface area contributed by atoms with Crippen molar-refractivity contribution in [3.8, 4) is 0 Å². The predicted octanol–water partition coefficient (Wildman–Crippen LogP) is 3.05. The molecule has 21 heavy (non-hydrogen) atoms. The average molecular weight is 306 g/mol. The zero-order valence-electron chi connectivity index (χ0n) is 11.7. The highest BCUT2D eigenvalue weighted by Crippen LogP contribution is 2.32. The Balaban J connectivity index is 3.05. The van der Waals surface area contributed by atoms with Crippen molar-refractivity contribution >= 4 is 5.91 Å².